The molecule has 0 atom stereocenters. The van der Waals surface area contributed by atoms with E-state index in [4.69, 9.17) is 21.8 Å². The summed E-state index contributed by atoms with van der Waals surface area (Å²) in [6, 6.07) is 7.50. The van der Waals surface area contributed by atoms with Crippen molar-refractivity contribution >= 4 is 28.9 Å². The van der Waals surface area contributed by atoms with Gasteiger partial charge in [-0.1, -0.05) is 37.1 Å². The summed E-state index contributed by atoms with van der Waals surface area (Å²) in [5.41, 5.74) is 9.75. The molecular weight excluding hydrogens is 388 g/mol. The summed E-state index contributed by atoms with van der Waals surface area (Å²) in [4.78, 5) is 24.2. The minimum Gasteiger partial charge on any atom is -0.472 e. The third-order valence-electron chi connectivity index (χ3n) is 4.44. The molecular formula is C23H27ClN2O3. The van der Waals surface area contributed by atoms with E-state index in [2.05, 4.69) is 18.3 Å². The fourth-order valence-electron chi connectivity index (χ4n) is 2.90. The molecule has 0 bridgehead atoms. The number of rotatable bonds is 10. The van der Waals surface area contributed by atoms with Gasteiger partial charge in [0.05, 0.1) is 12.5 Å². The first-order chi connectivity index (χ1) is 13.9. The number of halogens is 1. The lowest BCUT2D eigenvalue weighted by atomic mass is 9.96. The third-order valence-corrected chi connectivity index (χ3v) is 4.68. The number of nitrogens with one attached hydrogen (secondary N) is 1. The average molecular weight is 415 g/mol. The molecule has 3 N–H and O–H groups in total. The number of ketones is 1. The van der Waals surface area contributed by atoms with Crippen LogP contribution in [-0.4, -0.2) is 18.2 Å². The van der Waals surface area contributed by atoms with Crippen LogP contribution < -0.4 is 11.1 Å². The smallest absolute Gasteiger partial charge is 0.267 e. The molecule has 0 saturated heterocycles. The Morgan fingerprint density at radius 2 is 2.07 bits per heavy atom. The molecule has 0 unspecified atom stereocenters. The molecule has 0 saturated carbocycles. The van der Waals surface area contributed by atoms with Crippen molar-refractivity contribution in [2.24, 2.45) is 5.73 Å². The Morgan fingerprint density at radius 1 is 1.28 bits per heavy atom. The number of allylic oxidation sites excluding steroid dienone is 2. The third kappa shape index (κ3) is 7.27. The molecule has 2 aromatic rings. The molecule has 29 heavy (non-hydrogen) atoms. The molecule has 0 radical (unpaired) electrons. The molecule has 154 valence electrons. The number of nitrogens with two attached hydrogens (primary N) is 1. The second kappa shape index (κ2) is 11.3. The van der Waals surface area contributed by atoms with Gasteiger partial charge in [-0.15, -0.1) is 0 Å². The zero-order valence-corrected chi connectivity index (χ0v) is 17.6. The summed E-state index contributed by atoms with van der Waals surface area (Å²) in [5.74, 6) is -0.708. The fourth-order valence-corrected chi connectivity index (χ4v) is 3.07. The van der Waals surface area contributed by atoms with Crippen molar-refractivity contribution in [3.63, 3.8) is 0 Å². The van der Waals surface area contributed by atoms with Crippen molar-refractivity contribution in [1.29, 1.82) is 0 Å². The standard InChI is InChI=1S/C23H27ClN2O3/c1-3-4-5-18(21-13-19(24)7-6-16(21)2)8-10-26-23(28)22(25)14-20(27)12-17-9-11-29-15-17/h5-7,9,11,13-15H,3-4,8,10,12,25H2,1-2H3,(H,26,28)/b18-5-,22-14?. The van der Waals surface area contributed by atoms with E-state index >= 15 is 0 Å². The van der Waals surface area contributed by atoms with Gasteiger partial charge in [0.2, 0.25) is 0 Å². The van der Waals surface area contributed by atoms with Crippen LogP contribution in [0.4, 0.5) is 0 Å². The molecule has 2 rings (SSSR count). The minimum atomic E-state index is -0.455. The number of carbonyl (C=O) groups excluding carboxylic acids is 2. The highest BCUT2D eigenvalue weighted by Crippen LogP contribution is 2.26. The monoisotopic (exact) mass is 414 g/mol. The highest BCUT2D eigenvalue weighted by atomic mass is 35.5. The SMILES string of the molecule is CCC/C=C(/CCNC(=O)C(N)=CC(=O)Cc1ccoc1)c1cc(Cl)ccc1C. The number of furan rings is 1. The molecule has 0 aliphatic rings. The number of aryl methyl sites for hydroxylation is 1. The van der Waals surface area contributed by atoms with Crippen LogP contribution in [-0.2, 0) is 16.0 Å². The van der Waals surface area contributed by atoms with Crippen molar-refractivity contribution in [3.8, 4) is 0 Å². The topological polar surface area (TPSA) is 85.3 Å². The fraction of sp³-hybridized carbons (Fsp3) is 0.304. The van der Waals surface area contributed by atoms with E-state index in [9.17, 15) is 9.59 Å². The van der Waals surface area contributed by atoms with Gasteiger partial charge in [-0.25, -0.2) is 0 Å². The summed E-state index contributed by atoms with van der Waals surface area (Å²) in [6.45, 7) is 4.56. The second-order valence-electron chi connectivity index (χ2n) is 6.86. The van der Waals surface area contributed by atoms with Crippen LogP contribution in [0, 0.1) is 6.92 Å². The average Bonchev–Trinajstić information content (AvgIpc) is 3.19. The van der Waals surface area contributed by atoms with Crippen LogP contribution in [0.25, 0.3) is 5.57 Å². The largest absolute Gasteiger partial charge is 0.472 e. The van der Waals surface area contributed by atoms with Crippen molar-refractivity contribution < 1.29 is 14.0 Å². The van der Waals surface area contributed by atoms with E-state index in [1.165, 1.54) is 12.5 Å². The lowest BCUT2D eigenvalue weighted by Gasteiger charge is -2.13. The first-order valence-electron chi connectivity index (χ1n) is 9.65. The van der Waals surface area contributed by atoms with Crippen LogP contribution in [0.15, 0.2) is 59.1 Å². The summed E-state index contributed by atoms with van der Waals surface area (Å²) < 4.78 is 4.93. The molecule has 5 nitrogen and oxygen atoms in total. The van der Waals surface area contributed by atoms with Gasteiger partial charge in [-0.3, -0.25) is 9.59 Å². The molecule has 6 heteroatoms. The lowest BCUT2D eigenvalue weighted by molar-refractivity contribution is -0.118. The predicted molar refractivity (Wildman–Crippen MR) is 116 cm³/mol. The maximum Gasteiger partial charge on any atom is 0.267 e. The highest BCUT2D eigenvalue weighted by molar-refractivity contribution is 6.30. The van der Waals surface area contributed by atoms with Gasteiger partial charge in [0.25, 0.3) is 5.91 Å². The van der Waals surface area contributed by atoms with Crippen molar-refractivity contribution in [3.05, 3.63) is 76.4 Å². The molecule has 1 aromatic carbocycles. The number of carbonyl (C=O) groups is 2. The Balaban J connectivity index is 1.95. The van der Waals surface area contributed by atoms with Crippen LogP contribution >= 0.6 is 11.6 Å². The summed E-state index contributed by atoms with van der Waals surface area (Å²) in [6.07, 6.45) is 9.09. The Labute approximate surface area is 176 Å². The molecule has 1 amide bonds. The molecule has 1 heterocycles. The Kier molecular flexibility index (Phi) is 8.74. The van der Waals surface area contributed by atoms with E-state index in [1.54, 1.807) is 6.07 Å². The first-order valence-corrected chi connectivity index (χ1v) is 10.0. The van der Waals surface area contributed by atoms with E-state index in [-0.39, 0.29) is 17.9 Å². The zero-order chi connectivity index (χ0) is 21.2. The quantitative estimate of drug-likeness (QED) is 0.557. The maximum absolute atomic E-state index is 12.2. The van der Waals surface area contributed by atoms with Crippen molar-refractivity contribution in [2.75, 3.05) is 6.54 Å². The Hall–Kier alpha value is -2.79. The Morgan fingerprint density at radius 3 is 2.76 bits per heavy atom. The number of benzene rings is 1. The molecule has 0 fully saturated rings. The normalized spacial score (nSPS) is 12.1. The number of amides is 1. The van der Waals surface area contributed by atoms with E-state index in [0.717, 1.165) is 41.2 Å². The van der Waals surface area contributed by atoms with E-state index in [1.807, 2.05) is 25.1 Å². The maximum atomic E-state index is 12.2. The first kappa shape index (κ1) is 22.5. The van der Waals surface area contributed by atoms with Crippen LogP contribution in [0.5, 0.6) is 0 Å². The second-order valence-corrected chi connectivity index (χ2v) is 7.29. The number of unbranched alkanes of at least 4 members (excludes halogenated alkanes) is 1. The van der Waals surface area contributed by atoms with Gasteiger partial charge in [0.15, 0.2) is 5.78 Å². The molecule has 0 aliphatic carbocycles. The van der Waals surface area contributed by atoms with Gasteiger partial charge in [0, 0.05) is 24.1 Å². The van der Waals surface area contributed by atoms with Gasteiger partial charge in [0.1, 0.15) is 5.70 Å². The molecule has 0 aliphatic heterocycles. The van der Waals surface area contributed by atoms with Crippen LogP contribution in [0.2, 0.25) is 5.02 Å². The van der Waals surface area contributed by atoms with Crippen LogP contribution in [0.1, 0.15) is 42.9 Å². The predicted octanol–water partition coefficient (Wildman–Crippen LogP) is 4.59. The van der Waals surface area contributed by atoms with Gasteiger partial charge < -0.3 is 15.5 Å². The summed E-state index contributed by atoms with van der Waals surface area (Å²) in [5, 5.41) is 3.46. The van der Waals surface area contributed by atoms with Crippen molar-refractivity contribution in [2.45, 2.75) is 39.5 Å². The van der Waals surface area contributed by atoms with Gasteiger partial charge in [-0.2, -0.15) is 0 Å². The molecule has 0 spiro atoms. The van der Waals surface area contributed by atoms with E-state index in [0.29, 0.717) is 18.0 Å². The Bertz CT molecular complexity index is 899. The minimum absolute atomic E-state index is 0.100. The highest BCUT2D eigenvalue weighted by Gasteiger charge is 2.11. The number of hydrogen-bond acceptors (Lipinski definition) is 4. The van der Waals surface area contributed by atoms with Gasteiger partial charge in [-0.05, 0) is 60.2 Å². The van der Waals surface area contributed by atoms with Gasteiger partial charge >= 0.3 is 0 Å². The van der Waals surface area contributed by atoms with E-state index < -0.39 is 5.91 Å². The summed E-state index contributed by atoms with van der Waals surface area (Å²) in [7, 11) is 0. The zero-order valence-electron chi connectivity index (χ0n) is 16.8. The molecule has 1 aromatic heterocycles. The lowest BCUT2D eigenvalue weighted by Crippen LogP contribution is -2.30. The van der Waals surface area contributed by atoms with Crippen molar-refractivity contribution in [1.82, 2.24) is 5.32 Å². The number of hydrogen-bond donors (Lipinski definition) is 2. The van der Waals surface area contributed by atoms with Crippen LogP contribution in [0.3, 0.4) is 0 Å². The summed E-state index contributed by atoms with van der Waals surface area (Å²) >= 11 is 6.16.